The molecule has 3 nitrogen and oxygen atoms in total. The van der Waals surface area contributed by atoms with Crippen molar-refractivity contribution in [2.24, 2.45) is 5.92 Å². The summed E-state index contributed by atoms with van der Waals surface area (Å²) in [5.74, 6) is 0.573. The van der Waals surface area contributed by atoms with Gasteiger partial charge in [-0.2, -0.15) is 5.26 Å². The summed E-state index contributed by atoms with van der Waals surface area (Å²) in [5.41, 5.74) is -0.297. The first kappa shape index (κ1) is 13.8. The quantitative estimate of drug-likeness (QED) is 0.814. The van der Waals surface area contributed by atoms with Crippen molar-refractivity contribution < 1.29 is 0 Å². The van der Waals surface area contributed by atoms with Crippen molar-refractivity contribution in [3.05, 3.63) is 0 Å². The molecule has 0 aromatic carbocycles. The van der Waals surface area contributed by atoms with Crippen LogP contribution in [0.15, 0.2) is 0 Å². The van der Waals surface area contributed by atoms with Crippen LogP contribution in [0.4, 0.5) is 0 Å². The van der Waals surface area contributed by atoms with Crippen LogP contribution in [0.3, 0.4) is 0 Å². The van der Waals surface area contributed by atoms with E-state index >= 15 is 0 Å². The number of piperidine rings is 1. The van der Waals surface area contributed by atoms with Crippen molar-refractivity contribution in [3.63, 3.8) is 0 Å². The fraction of sp³-hybridized carbons (Fsp3) is 0.933. The van der Waals surface area contributed by atoms with Gasteiger partial charge < -0.3 is 0 Å². The van der Waals surface area contributed by atoms with Gasteiger partial charge in [0.15, 0.2) is 0 Å². The molecule has 0 aromatic heterocycles. The molecule has 0 bridgehead atoms. The molecular weight excluding hydrogens is 222 g/mol. The predicted octanol–water partition coefficient (Wildman–Crippen LogP) is 2.53. The molecule has 1 saturated carbocycles. The highest BCUT2D eigenvalue weighted by Gasteiger charge is 2.47. The normalized spacial score (nSPS) is 32.8. The summed E-state index contributed by atoms with van der Waals surface area (Å²) in [6, 6.07) is 3.86. The van der Waals surface area contributed by atoms with Gasteiger partial charge in [-0.3, -0.25) is 10.2 Å². The molecule has 1 aliphatic carbocycles. The van der Waals surface area contributed by atoms with E-state index in [0.29, 0.717) is 18.0 Å². The second-order valence-corrected chi connectivity index (χ2v) is 6.19. The Labute approximate surface area is 112 Å². The van der Waals surface area contributed by atoms with Crippen molar-refractivity contribution in [1.29, 1.82) is 5.26 Å². The van der Waals surface area contributed by atoms with Crippen LogP contribution in [0, 0.1) is 17.2 Å². The number of hydrogen-bond acceptors (Lipinski definition) is 3. The van der Waals surface area contributed by atoms with Crippen LogP contribution in [0.5, 0.6) is 0 Å². The Hall–Kier alpha value is -0.590. The number of likely N-dealkylation sites (N-methyl/N-ethyl adjacent to an activating group) is 1. The minimum absolute atomic E-state index is 0.297. The zero-order chi connectivity index (χ0) is 13.2. The molecular formula is C15H27N3. The smallest absolute Gasteiger partial charge is 0.122 e. The van der Waals surface area contributed by atoms with Crippen LogP contribution in [-0.2, 0) is 0 Å². The van der Waals surface area contributed by atoms with E-state index in [9.17, 15) is 5.26 Å². The molecule has 2 rings (SSSR count). The molecule has 3 heteroatoms. The highest BCUT2D eigenvalue weighted by molar-refractivity contribution is 5.17. The molecule has 1 heterocycles. The molecule has 0 aromatic rings. The van der Waals surface area contributed by atoms with Gasteiger partial charge in [-0.25, -0.2) is 0 Å². The summed E-state index contributed by atoms with van der Waals surface area (Å²) in [4.78, 5) is 2.56. The van der Waals surface area contributed by atoms with E-state index in [1.54, 1.807) is 0 Å². The van der Waals surface area contributed by atoms with Gasteiger partial charge in [0, 0.05) is 18.6 Å². The Morgan fingerprint density at radius 1 is 1.22 bits per heavy atom. The molecule has 102 valence electrons. The second-order valence-electron chi connectivity index (χ2n) is 6.19. The van der Waals surface area contributed by atoms with Crippen LogP contribution in [0.1, 0.15) is 52.9 Å². The van der Waals surface area contributed by atoms with E-state index in [1.807, 2.05) is 0 Å². The van der Waals surface area contributed by atoms with E-state index in [2.05, 4.69) is 37.1 Å². The number of hydrogen-bond donors (Lipinski definition) is 1. The van der Waals surface area contributed by atoms with Gasteiger partial charge in [0.2, 0.25) is 0 Å². The summed E-state index contributed by atoms with van der Waals surface area (Å²) in [6.07, 6.45) is 6.34. The average molecular weight is 249 g/mol. The average Bonchev–Trinajstić information content (AvgIpc) is 3.17. The first-order chi connectivity index (χ1) is 8.63. The van der Waals surface area contributed by atoms with Crippen molar-refractivity contribution in [2.75, 3.05) is 13.1 Å². The third-order valence-corrected chi connectivity index (χ3v) is 4.77. The molecule has 3 atom stereocenters. The SMILES string of the molecule is CCNC(C#N)(CN1C(C)CCCC1C)C1CC1. The van der Waals surface area contributed by atoms with Crippen LogP contribution < -0.4 is 5.32 Å². The third kappa shape index (κ3) is 2.70. The van der Waals surface area contributed by atoms with Gasteiger partial charge in [0.1, 0.15) is 5.54 Å². The van der Waals surface area contributed by atoms with Crippen molar-refractivity contribution in [1.82, 2.24) is 10.2 Å². The molecule has 0 spiro atoms. The van der Waals surface area contributed by atoms with Crippen LogP contribution in [-0.4, -0.2) is 35.6 Å². The fourth-order valence-electron chi connectivity index (χ4n) is 3.46. The number of nitrogens with one attached hydrogen (secondary N) is 1. The molecule has 1 N–H and O–H groups in total. The first-order valence-electron chi connectivity index (χ1n) is 7.55. The number of nitriles is 1. The summed E-state index contributed by atoms with van der Waals surface area (Å²) < 4.78 is 0. The minimum Gasteiger partial charge on any atom is -0.298 e. The fourth-order valence-corrected chi connectivity index (χ4v) is 3.46. The maximum Gasteiger partial charge on any atom is 0.122 e. The van der Waals surface area contributed by atoms with Gasteiger partial charge in [0.05, 0.1) is 6.07 Å². The Balaban J connectivity index is 2.10. The topological polar surface area (TPSA) is 39.1 Å². The monoisotopic (exact) mass is 249 g/mol. The summed E-state index contributed by atoms with van der Waals surface area (Å²) >= 11 is 0. The maximum absolute atomic E-state index is 9.68. The molecule has 2 aliphatic rings. The van der Waals surface area contributed by atoms with Crippen molar-refractivity contribution in [2.45, 2.75) is 70.5 Å². The van der Waals surface area contributed by atoms with E-state index < -0.39 is 0 Å². The summed E-state index contributed by atoms with van der Waals surface area (Å²) in [6.45, 7) is 8.54. The second kappa shape index (κ2) is 5.59. The van der Waals surface area contributed by atoms with Gasteiger partial charge >= 0.3 is 0 Å². The molecule has 3 unspecified atom stereocenters. The largest absolute Gasteiger partial charge is 0.298 e. The molecule has 2 fully saturated rings. The lowest BCUT2D eigenvalue weighted by Gasteiger charge is -2.43. The van der Waals surface area contributed by atoms with Crippen LogP contribution in [0.2, 0.25) is 0 Å². The zero-order valence-corrected chi connectivity index (χ0v) is 12.1. The minimum atomic E-state index is -0.297. The van der Waals surface area contributed by atoms with Crippen LogP contribution >= 0.6 is 0 Å². The summed E-state index contributed by atoms with van der Waals surface area (Å²) in [7, 11) is 0. The molecule has 0 radical (unpaired) electrons. The number of nitrogens with zero attached hydrogens (tertiary/aromatic N) is 2. The maximum atomic E-state index is 9.68. The highest BCUT2D eigenvalue weighted by atomic mass is 15.2. The van der Waals surface area contributed by atoms with Gasteiger partial charge in [-0.1, -0.05) is 13.3 Å². The lowest BCUT2D eigenvalue weighted by atomic mass is 9.89. The van der Waals surface area contributed by atoms with E-state index in [4.69, 9.17) is 0 Å². The number of likely N-dealkylation sites (tertiary alicyclic amines) is 1. The molecule has 18 heavy (non-hydrogen) atoms. The summed E-state index contributed by atoms with van der Waals surface area (Å²) in [5, 5.41) is 13.2. The van der Waals surface area contributed by atoms with E-state index in [1.165, 1.54) is 32.1 Å². The van der Waals surface area contributed by atoms with Crippen molar-refractivity contribution >= 4 is 0 Å². The van der Waals surface area contributed by atoms with Crippen molar-refractivity contribution in [3.8, 4) is 6.07 Å². The Morgan fingerprint density at radius 3 is 2.28 bits per heavy atom. The zero-order valence-electron chi connectivity index (χ0n) is 12.1. The highest BCUT2D eigenvalue weighted by Crippen LogP contribution is 2.41. The Kier molecular flexibility index (Phi) is 4.29. The van der Waals surface area contributed by atoms with Crippen LogP contribution in [0.25, 0.3) is 0 Å². The lowest BCUT2D eigenvalue weighted by molar-refractivity contribution is 0.0730. The van der Waals surface area contributed by atoms with Gasteiger partial charge in [0.25, 0.3) is 0 Å². The molecule has 1 saturated heterocycles. The standard InChI is InChI=1S/C15H27N3/c1-4-17-15(10-16,14-8-9-14)11-18-12(2)6-5-7-13(18)3/h12-14,17H,4-9,11H2,1-3H3. The molecule has 0 amide bonds. The first-order valence-corrected chi connectivity index (χ1v) is 7.55. The molecule has 1 aliphatic heterocycles. The number of rotatable bonds is 5. The predicted molar refractivity (Wildman–Crippen MR) is 74.2 cm³/mol. The van der Waals surface area contributed by atoms with Gasteiger partial charge in [-0.15, -0.1) is 0 Å². The van der Waals surface area contributed by atoms with E-state index in [0.717, 1.165) is 13.1 Å². The van der Waals surface area contributed by atoms with Gasteiger partial charge in [-0.05, 0) is 52.0 Å². The van der Waals surface area contributed by atoms with E-state index in [-0.39, 0.29) is 5.54 Å². The third-order valence-electron chi connectivity index (χ3n) is 4.77. The lowest BCUT2D eigenvalue weighted by Crippen LogP contribution is -2.58. The Morgan fingerprint density at radius 2 is 1.83 bits per heavy atom. The Bertz CT molecular complexity index is 308.